The Morgan fingerprint density at radius 1 is 1.24 bits per heavy atom. The summed E-state index contributed by atoms with van der Waals surface area (Å²) in [6.07, 6.45) is 0. The van der Waals surface area contributed by atoms with Gasteiger partial charge in [-0.1, -0.05) is 0 Å². The van der Waals surface area contributed by atoms with Gasteiger partial charge in [0.05, 0.1) is 14.1 Å². The summed E-state index contributed by atoms with van der Waals surface area (Å²) in [5, 5.41) is 2.84. The van der Waals surface area contributed by atoms with Gasteiger partial charge in [0.25, 0.3) is 0 Å². The van der Waals surface area contributed by atoms with E-state index in [1.807, 2.05) is 19.9 Å². The molecular formula is C15H11Br2NO2S. The molecule has 0 fully saturated rings. The number of carbonyl (C=O) groups is 2. The predicted molar refractivity (Wildman–Crippen MR) is 91.2 cm³/mol. The molecule has 21 heavy (non-hydrogen) atoms. The summed E-state index contributed by atoms with van der Waals surface area (Å²) in [5.41, 5.74) is 1.64. The maximum Gasteiger partial charge on any atom is 0.234 e. The topological polar surface area (TPSA) is 46.2 Å². The third-order valence-electron chi connectivity index (χ3n) is 3.64. The van der Waals surface area contributed by atoms with Crippen LogP contribution in [-0.4, -0.2) is 11.7 Å². The van der Waals surface area contributed by atoms with Gasteiger partial charge in [0.2, 0.25) is 11.7 Å². The number of amides is 1. The van der Waals surface area contributed by atoms with Gasteiger partial charge in [0.1, 0.15) is 0 Å². The Kier molecular flexibility index (Phi) is 3.58. The van der Waals surface area contributed by atoms with Crippen LogP contribution in [-0.2, 0) is 10.2 Å². The van der Waals surface area contributed by atoms with Crippen molar-refractivity contribution in [3.63, 3.8) is 0 Å². The minimum Gasteiger partial charge on any atom is -0.325 e. The molecule has 0 unspecified atom stereocenters. The minimum absolute atomic E-state index is 0.0376. The number of fused-ring (bicyclic) bond motifs is 1. The fourth-order valence-electron chi connectivity index (χ4n) is 2.31. The third-order valence-corrected chi connectivity index (χ3v) is 6.89. The number of anilines is 1. The number of thiophene rings is 1. The fraction of sp³-hybridized carbons (Fsp3) is 0.200. The van der Waals surface area contributed by atoms with Gasteiger partial charge < -0.3 is 5.32 Å². The lowest BCUT2D eigenvalue weighted by molar-refractivity contribution is -0.119. The second kappa shape index (κ2) is 5.04. The van der Waals surface area contributed by atoms with Crippen molar-refractivity contribution in [2.24, 2.45) is 0 Å². The maximum atomic E-state index is 12.6. The summed E-state index contributed by atoms with van der Waals surface area (Å²) in [4.78, 5) is 25.2. The highest BCUT2D eigenvalue weighted by Crippen LogP contribution is 2.39. The first-order valence-electron chi connectivity index (χ1n) is 6.26. The molecule has 3 nitrogen and oxygen atoms in total. The predicted octanol–water partition coefficient (Wildman–Crippen LogP) is 4.73. The van der Waals surface area contributed by atoms with Crippen LogP contribution < -0.4 is 5.32 Å². The lowest BCUT2D eigenvalue weighted by Crippen LogP contribution is -2.27. The van der Waals surface area contributed by atoms with Crippen molar-refractivity contribution >= 4 is 60.6 Å². The lowest BCUT2D eigenvalue weighted by Gasteiger charge is -2.15. The number of hydrogen-bond donors (Lipinski definition) is 1. The molecular weight excluding hydrogens is 418 g/mol. The molecule has 1 aromatic carbocycles. The van der Waals surface area contributed by atoms with Crippen LogP contribution in [0, 0.1) is 0 Å². The SMILES string of the molecule is CC1(C)C(=O)Nc2ccc(C(=O)c3cc(Br)c(Br)s3)cc21. The largest absolute Gasteiger partial charge is 0.325 e. The number of benzene rings is 1. The number of hydrogen-bond acceptors (Lipinski definition) is 3. The summed E-state index contributed by atoms with van der Waals surface area (Å²) in [6.45, 7) is 3.72. The summed E-state index contributed by atoms with van der Waals surface area (Å²) in [5.74, 6) is -0.0759. The summed E-state index contributed by atoms with van der Waals surface area (Å²) in [6, 6.07) is 7.17. The molecule has 1 aromatic heterocycles. The first kappa shape index (κ1) is 14.9. The first-order chi connectivity index (χ1) is 9.80. The average molecular weight is 429 g/mol. The molecule has 0 spiro atoms. The molecule has 0 bridgehead atoms. The van der Waals surface area contributed by atoms with Crippen molar-refractivity contribution in [2.75, 3.05) is 5.32 Å². The molecule has 1 N–H and O–H groups in total. The van der Waals surface area contributed by atoms with Crippen LogP contribution in [0.5, 0.6) is 0 Å². The van der Waals surface area contributed by atoms with Crippen molar-refractivity contribution in [1.29, 1.82) is 0 Å². The molecule has 0 aliphatic carbocycles. The van der Waals surface area contributed by atoms with Crippen LogP contribution in [0.25, 0.3) is 0 Å². The van der Waals surface area contributed by atoms with Crippen molar-refractivity contribution in [1.82, 2.24) is 0 Å². The van der Waals surface area contributed by atoms with E-state index in [2.05, 4.69) is 37.2 Å². The average Bonchev–Trinajstić information content (AvgIpc) is 2.88. The molecule has 0 saturated carbocycles. The van der Waals surface area contributed by atoms with E-state index in [-0.39, 0.29) is 11.7 Å². The molecule has 1 aliphatic rings. The summed E-state index contributed by atoms with van der Waals surface area (Å²) >= 11 is 8.18. The van der Waals surface area contributed by atoms with Crippen LogP contribution in [0.15, 0.2) is 32.5 Å². The Balaban J connectivity index is 2.04. The summed E-state index contributed by atoms with van der Waals surface area (Å²) in [7, 11) is 0. The highest BCUT2D eigenvalue weighted by Gasteiger charge is 2.38. The number of ketones is 1. The molecule has 0 atom stereocenters. The van der Waals surface area contributed by atoms with Gasteiger partial charge in [-0.05, 0) is 75.5 Å². The highest BCUT2D eigenvalue weighted by atomic mass is 79.9. The van der Waals surface area contributed by atoms with Gasteiger partial charge in [-0.2, -0.15) is 0 Å². The highest BCUT2D eigenvalue weighted by molar-refractivity contribution is 9.13. The van der Waals surface area contributed by atoms with Crippen molar-refractivity contribution < 1.29 is 9.59 Å². The van der Waals surface area contributed by atoms with E-state index in [1.165, 1.54) is 11.3 Å². The first-order valence-corrected chi connectivity index (χ1v) is 8.66. The Morgan fingerprint density at radius 3 is 2.57 bits per heavy atom. The van der Waals surface area contributed by atoms with Crippen molar-refractivity contribution in [3.05, 3.63) is 48.5 Å². The van der Waals surface area contributed by atoms with Gasteiger partial charge in [0.15, 0.2) is 0 Å². The van der Waals surface area contributed by atoms with Gasteiger partial charge in [-0.3, -0.25) is 9.59 Å². The molecule has 0 saturated heterocycles. The molecule has 2 aromatic rings. The monoisotopic (exact) mass is 427 g/mol. The van der Waals surface area contributed by atoms with E-state index in [4.69, 9.17) is 0 Å². The van der Waals surface area contributed by atoms with Gasteiger partial charge in [-0.25, -0.2) is 0 Å². The Morgan fingerprint density at radius 2 is 1.95 bits per heavy atom. The van der Waals surface area contributed by atoms with Crippen LogP contribution in [0.2, 0.25) is 0 Å². The minimum atomic E-state index is -0.609. The molecule has 3 rings (SSSR count). The Bertz CT molecular complexity index is 760. The van der Waals surface area contributed by atoms with Crippen LogP contribution >= 0.6 is 43.2 Å². The number of halogens is 2. The number of rotatable bonds is 2. The normalized spacial score (nSPS) is 15.7. The van der Waals surface area contributed by atoms with E-state index in [0.717, 1.165) is 19.5 Å². The molecule has 1 amide bonds. The zero-order valence-electron chi connectivity index (χ0n) is 11.3. The van der Waals surface area contributed by atoms with E-state index in [1.54, 1.807) is 18.2 Å². The van der Waals surface area contributed by atoms with Crippen molar-refractivity contribution in [2.45, 2.75) is 19.3 Å². The fourth-order valence-corrected chi connectivity index (χ4v) is 4.31. The van der Waals surface area contributed by atoms with Gasteiger partial charge in [-0.15, -0.1) is 11.3 Å². The van der Waals surface area contributed by atoms with E-state index < -0.39 is 5.41 Å². The molecule has 2 heterocycles. The Labute approximate surface area is 143 Å². The second-order valence-electron chi connectivity index (χ2n) is 5.40. The zero-order chi connectivity index (χ0) is 15.4. The van der Waals surface area contributed by atoms with Gasteiger partial charge >= 0.3 is 0 Å². The third kappa shape index (κ3) is 2.39. The van der Waals surface area contributed by atoms with E-state index >= 15 is 0 Å². The molecule has 6 heteroatoms. The van der Waals surface area contributed by atoms with Crippen LogP contribution in [0.1, 0.15) is 34.6 Å². The van der Waals surface area contributed by atoms with Crippen LogP contribution in [0.4, 0.5) is 5.69 Å². The standard InChI is InChI=1S/C15H11Br2NO2S/c1-15(2)8-5-7(3-4-10(8)18-14(15)20)12(19)11-6-9(16)13(17)21-11/h3-6H,1-2H3,(H,18,20). The van der Waals surface area contributed by atoms with Crippen LogP contribution in [0.3, 0.4) is 0 Å². The molecule has 108 valence electrons. The van der Waals surface area contributed by atoms with E-state index in [0.29, 0.717) is 10.4 Å². The smallest absolute Gasteiger partial charge is 0.234 e. The Hall–Kier alpha value is -0.980. The van der Waals surface area contributed by atoms with E-state index in [9.17, 15) is 9.59 Å². The summed E-state index contributed by atoms with van der Waals surface area (Å²) < 4.78 is 1.76. The molecule has 0 radical (unpaired) electrons. The van der Waals surface area contributed by atoms with Crippen molar-refractivity contribution in [3.8, 4) is 0 Å². The lowest BCUT2D eigenvalue weighted by atomic mass is 9.85. The number of nitrogens with one attached hydrogen (secondary N) is 1. The quantitative estimate of drug-likeness (QED) is 0.702. The number of carbonyl (C=O) groups excluding carboxylic acids is 2. The molecule has 1 aliphatic heterocycles. The maximum absolute atomic E-state index is 12.6. The zero-order valence-corrected chi connectivity index (χ0v) is 15.3. The second-order valence-corrected chi connectivity index (χ2v) is 8.63. The van der Waals surface area contributed by atoms with Gasteiger partial charge in [0, 0.05) is 15.7 Å².